The lowest BCUT2D eigenvalue weighted by molar-refractivity contribution is -0.0559. The van der Waals surface area contributed by atoms with E-state index in [2.05, 4.69) is 22.9 Å². The van der Waals surface area contributed by atoms with Crippen LogP contribution >= 0.6 is 15.9 Å². The molecule has 1 saturated heterocycles. The van der Waals surface area contributed by atoms with E-state index in [1.807, 2.05) is 19.1 Å². The molecule has 1 aliphatic rings. The smallest absolute Gasteiger partial charge is 0.261 e. The highest BCUT2D eigenvalue weighted by Crippen LogP contribution is 2.31. The Hall–Kier alpha value is -1.20. The van der Waals surface area contributed by atoms with Crippen molar-refractivity contribution in [3.05, 3.63) is 38.3 Å². The maximum atomic E-state index is 12.5. The highest BCUT2D eigenvalue weighted by Gasteiger charge is 2.39. The monoisotopic (exact) mass is 322 g/mol. The van der Waals surface area contributed by atoms with Gasteiger partial charge in [0.05, 0.1) is 29.5 Å². The Kier molecular flexibility index (Phi) is 2.80. The van der Waals surface area contributed by atoms with Crippen molar-refractivity contribution in [3.63, 3.8) is 0 Å². The zero-order chi connectivity index (χ0) is 13.8. The third-order valence-electron chi connectivity index (χ3n) is 3.66. The van der Waals surface area contributed by atoms with Crippen molar-refractivity contribution in [2.45, 2.75) is 19.3 Å². The lowest BCUT2D eigenvalue weighted by Crippen LogP contribution is -2.48. The number of rotatable bonds is 1. The number of hydrogen-bond donors (Lipinski definition) is 0. The number of fused-ring (bicyclic) bond motifs is 1. The zero-order valence-corrected chi connectivity index (χ0v) is 12.7. The molecule has 0 saturated carbocycles. The molecule has 3 rings (SSSR count). The lowest BCUT2D eigenvalue weighted by Gasteiger charge is -2.38. The maximum Gasteiger partial charge on any atom is 0.261 e. The fraction of sp³-hybridized carbons (Fsp3) is 0.429. The van der Waals surface area contributed by atoms with Crippen LogP contribution in [0, 0.1) is 6.92 Å². The number of benzene rings is 1. The molecule has 0 amide bonds. The standard InChI is InChI=1S/C14H15BrN2O2/c1-8-4-9-11(10(15)5-8)16-13(17(3)12(9)18)14(2)6-19-7-14/h4-5H,6-7H2,1-3H3. The van der Waals surface area contributed by atoms with Gasteiger partial charge in [-0.25, -0.2) is 4.98 Å². The van der Waals surface area contributed by atoms with Gasteiger partial charge in [0.1, 0.15) is 5.82 Å². The largest absolute Gasteiger partial charge is 0.379 e. The predicted octanol–water partition coefficient (Wildman–Crippen LogP) is 2.29. The Balaban J connectivity index is 2.38. The zero-order valence-electron chi connectivity index (χ0n) is 11.2. The molecule has 0 atom stereocenters. The summed E-state index contributed by atoms with van der Waals surface area (Å²) in [7, 11) is 1.78. The van der Waals surface area contributed by atoms with Crippen LogP contribution < -0.4 is 5.56 Å². The summed E-state index contributed by atoms with van der Waals surface area (Å²) >= 11 is 3.51. The first-order chi connectivity index (χ1) is 8.92. The van der Waals surface area contributed by atoms with Gasteiger partial charge in [0.25, 0.3) is 5.56 Å². The number of aryl methyl sites for hydroxylation is 1. The number of nitrogens with zero attached hydrogens (tertiary/aromatic N) is 2. The molecule has 19 heavy (non-hydrogen) atoms. The molecule has 0 spiro atoms. The Bertz CT molecular complexity index is 732. The first kappa shape index (κ1) is 12.8. The van der Waals surface area contributed by atoms with Gasteiger partial charge in [0.2, 0.25) is 0 Å². The topological polar surface area (TPSA) is 44.1 Å². The van der Waals surface area contributed by atoms with Crippen LogP contribution in [0.15, 0.2) is 21.4 Å². The molecule has 2 aromatic rings. The molecule has 100 valence electrons. The van der Waals surface area contributed by atoms with E-state index in [1.54, 1.807) is 11.6 Å². The van der Waals surface area contributed by atoms with Crippen LogP contribution in [0.25, 0.3) is 10.9 Å². The quantitative estimate of drug-likeness (QED) is 0.809. The fourth-order valence-corrected chi connectivity index (χ4v) is 3.21. The fourth-order valence-electron chi connectivity index (χ4n) is 2.55. The maximum absolute atomic E-state index is 12.5. The molecule has 0 unspecified atom stereocenters. The third kappa shape index (κ3) is 1.83. The van der Waals surface area contributed by atoms with Gasteiger partial charge in [-0.1, -0.05) is 0 Å². The van der Waals surface area contributed by atoms with Crippen molar-refractivity contribution in [2.24, 2.45) is 7.05 Å². The van der Waals surface area contributed by atoms with Crippen LogP contribution in [0.1, 0.15) is 18.3 Å². The summed E-state index contributed by atoms with van der Waals surface area (Å²) < 4.78 is 7.80. The second kappa shape index (κ2) is 4.15. The Morgan fingerprint density at radius 1 is 1.42 bits per heavy atom. The molecular formula is C14H15BrN2O2. The van der Waals surface area contributed by atoms with E-state index in [4.69, 9.17) is 9.72 Å². The van der Waals surface area contributed by atoms with Gasteiger partial charge >= 0.3 is 0 Å². The predicted molar refractivity (Wildman–Crippen MR) is 77.6 cm³/mol. The Morgan fingerprint density at radius 3 is 2.68 bits per heavy atom. The van der Waals surface area contributed by atoms with Crippen molar-refractivity contribution >= 4 is 26.8 Å². The number of halogens is 1. The van der Waals surface area contributed by atoms with E-state index in [9.17, 15) is 4.79 Å². The van der Waals surface area contributed by atoms with Crippen molar-refractivity contribution in [1.29, 1.82) is 0 Å². The molecule has 0 aliphatic carbocycles. The van der Waals surface area contributed by atoms with E-state index in [-0.39, 0.29) is 11.0 Å². The van der Waals surface area contributed by atoms with Gasteiger partial charge in [0.15, 0.2) is 0 Å². The minimum Gasteiger partial charge on any atom is -0.379 e. The van der Waals surface area contributed by atoms with E-state index in [0.717, 1.165) is 21.4 Å². The summed E-state index contributed by atoms with van der Waals surface area (Å²) in [5, 5.41) is 0.655. The van der Waals surface area contributed by atoms with Crippen LogP contribution in [-0.4, -0.2) is 22.8 Å². The molecule has 1 fully saturated rings. The average Bonchev–Trinajstić information content (AvgIpc) is 2.31. The summed E-state index contributed by atoms with van der Waals surface area (Å²) in [5.74, 6) is 0.792. The number of ether oxygens (including phenoxy) is 1. The number of aromatic nitrogens is 2. The molecule has 1 aromatic heterocycles. The first-order valence-corrected chi connectivity index (χ1v) is 6.97. The highest BCUT2D eigenvalue weighted by molar-refractivity contribution is 9.10. The first-order valence-electron chi connectivity index (χ1n) is 6.17. The normalized spacial score (nSPS) is 17.5. The SMILES string of the molecule is Cc1cc(Br)c2nc(C3(C)COC3)n(C)c(=O)c2c1. The van der Waals surface area contributed by atoms with Crippen molar-refractivity contribution in [1.82, 2.24) is 9.55 Å². The molecule has 0 bridgehead atoms. The molecule has 4 nitrogen and oxygen atoms in total. The van der Waals surface area contributed by atoms with E-state index in [0.29, 0.717) is 18.6 Å². The molecule has 2 heterocycles. The van der Waals surface area contributed by atoms with Crippen LogP contribution in [0.4, 0.5) is 0 Å². The van der Waals surface area contributed by atoms with Gasteiger partial charge in [-0.05, 0) is 47.5 Å². The molecular weight excluding hydrogens is 308 g/mol. The molecule has 1 aliphatic heterocycles. The van der Waals surface area contributed by atoms with Gasteiger partial charge in [-0.3, -0.25) is 9.36 Å². The number of hydrogen-bond acceptors (Lipinski definition) is 3. The minimum atomic E-state index is -0.160. The highest BCUT2D eigenvalue weighted by atomic mass is 79.9. The van der Waals surface area contributed by atoms with Crippen molar-refractivity contribution < 1.29 is 4.74 Å². The van der Waals surface area contributed by atoms with Gasteiger partial charge in [-0.15, -0.1) is 0 Å². The molecule has 1 aromatic carbocycles. The molecule has 0 N–H and O–H groups in total. The van der Waals surface area contributed by atoms with Crippen molar-refractivity contribution in [3.8, 4) is 0 Å². The van der Waals surface area contributed by atoms with Crippen LogP contribution in [0.5, 0.6) is 0 Å². The van der Waals surface area contributed by atoms with E-state index in [1.165, 1.54) is 0 Å². The van der Waals surface area contributed by atoms with Gasteiger partial charge in [-0.2, -0.15) is 0 Å². The minimum absolute atomic E-state index is 0.00229. The molecule has 5 heteroatoms. The second-order valence-electron chi connectivity index (χ2n) is 5.50. The van der Waals surface area contributed by atoms with Gasteiger partial charge in [0, 0.05) is 11.5 Å². The van der Waals surface area contributed by atoms with Crippen molar-refractivity contribution in [2.75, 3.05) is 13.2 Å². The summed E-state index contributed by atoms with van der Waals surface area (Å²) in [6.45, 7) is 5.27. The van der Waals surface area contributed by atoms with E-state index >= 15 is 0 Å². The Labute approximate surface area is 119 Å². The summed E-state index contributed by atoms with van der Waals surface area (Å²) in [4.78, 5) is 17.2. The van der Waals surface area contributed by atoms with Crippen LogP contribution in [-0.2, 0) is 17.2 Å². The average molecular weight is 323 g/mol. The molecule has 0 radical (unpaired) electrons. The second-order valence-corrected chi connectivity index (χ2v) is 6.35. The lowest BCUT2D eigenvalue weighted by atomic mass is 9.87. The summed E-state index contributed by atoms with van der Waals surface area (Å²) in [6.07, 6.45) is 0. The Morgan fingerprint density at radius 2 is 2.11 bits per heavy atom. The van der Waals surface area contributed by atoms with Gasteiger partial charge < -0.3 is 4.74 Å². The third-order valence-corrected chi connectivity index (χ3v) is 4.26. The van der Waals surface area contributed by atoms with Crippen LogP contribution in [0.2, 0.25) is 0 Å². The van der Waals surface area contributed by atoms with Crippen LogP contribution in [0.3, 0.4) is 0 Å². The summed E-state index contributed by atoms with van der Waals surface area (Å²) in [5.41, 5.74) is 1.62. The summed E-state index contributed by atoms with van der Waals surface area (Å²) in [6, 6.07) is 3.87. The van der Waals surface area contributed by atoms with E-state index < -0.39 is 0 Å².